The Labute approximate surface area is 215 Å². The van der Waals surface area contributed by atoms with E-state index >= 15 is 0 Å². The Kier molecular flexibility index (Phi) is 10.2. The molecular weight excluding hydrogens is 462 g/mol. The number of aromatic nitrogens is 2. The van der Waals surface area contributed by atoms with E-state index < -0.39 is 0 Å². The predicted molar refractivity (Wildman–Crippen MR) is 141 cm³/mol. The van der Waals surface area contributed by atoms with E-state index in [1.807, 2.05) is 38.8 Å². The molecule has 0 fully saturated rings. The third kappa shape index (κ3) is 8.07. The number of nitrogens with zero attached hydrogens (tertiary/aromatic N) is 5. The molecule has 1 aromatic carbocycles. The van der Waals surface area contributed by atoms with Crippen molar-refractivity contribution in [1.82, 2.24) is 19.4 Å². The molecule has 0 spiro atoms. The van der Waals surface area contributed by atoms with Gasteiger partial charge in [-0.3, -0.25) is 14.5 Å². The lowest BCUT2D eigenvalue weighted by atomic mass is 10.1. The zero-order valence-electron chi connectivity index (χ0n) is 21.6. The minimum atomic E-state index is 0.108. The second-order valence-electron chi connectivity index (χ2n) is 10.1. The van der Waals surface area contributed by atoms with Gasteiger partial charge in [0.05, 0.1) is 12.0 Å². The summed E-state index contributed by atoms with van der Waals surface area (Å²) in [6.45, 7) is 12.7. The summed E-state index contributed by atoms with van der Waals surface area (Å²) < 4.78 is 2.00. The highest BCUT2D eigenvalue weighted by molar-refractivity contribution is 6.31. The second kappa shape index (κ2) is 13.1. The molecule has 0 N–H and O–H groups in total. The maximum absolute atomic E-state index is 13.4. The van der Waals surface area contributed by atoms with Gasteiger partial charge in [0, 0.05) is 75.6 Å². The van der Waals surface area contributed by atoms with Crippen molar-refractivity contribution < 1.29 is 9.59 Å². The van der Waals surface area contributed by atoms with Crippen LogP contribution < -0.4 is 4.90 Å². The standard InChI is InChI=1S/C27H40ClN5O2/c1-21(2)17-27(35)33-13-6-12-31(22(3)4)15-16-32(19-23-8-9-24(28)18-25(23)33)26(34)7-5-11-30-14-10-29-20-30/h8-10,14,18,20-22H,5-7,11-13,15-17,19H2,1-4H3. The zero-order valence-corrected chi connectivity index (χ0v) is 22.4. The van der Waals surface area contributed by atoms with Crippen LogP contribution in [0.5, 0.6) is 0 Å². The van der Waals surface area contributed by atoms with Crippen LogP contribution in [-0.2, 0) is 22.7 Å². The SMILES string of the molecule is CC(C)CC(=O)N1CCCN(C(C)C)CCN(C(=O)CCCn2ccnc2)Cc2ccc(Cl)cc21. The molecule has 0 aliphatic carbocycles. The Morgan fingerprint density at radius 2 is 1.86 bits per heavy atom. The maximum atomic E-state index is 13.4. The number of amides is 2. The smallest absolute Gasteiger partial charge is 0.227 e. The number of hydrogen-bond acceptors (Lipinski definition) is 4. The molecule has 3 rings (SSSR count). The van der Waals surface area contributed by atoms with Crippen LogP contribution in [0, 0.1) is 5.92 Å². The van der Waals surface area contributed by atoms with E-state index in [0.717, 1.165) is 43.7 Å². The van der Waals surface area contributed by atoms with Gasteiger partial charge in [-0.25, -0.2) is 4.98 Å². The average molecular weight is 502 g/mol. The van der Waals surface area contributed by atoms with Crippen molar-refractivity contribution >= 4 is 29.1 Å². The van der Waals surface area contributed by atoms with Crippen LogP contribution in [0.15, 0.2) is 36.9 Å². The Hall–Kier alpha value is -2.38. The van der Waals surface area contributed by atoms with Gasteiger partial charge >= 0.3 is 0 Å². The van der Waals surface area contributed by atoms with Crippen LogP contribution in [0.1, 0.15) is 58.9 Å². The highest BCUT2D eigenvalue weighted by Crippen LogP contribution is 2.29. The van der Waals surface area contributed by atoms with Crippen molar-refractivity contribution in [2.24, 2.45) is 5.92 Å². The molecule has 35 heavy (non-hydrogen) atoms. The summed E-state index contributed by atoms with van der Waals surface area (Å²) in [4.78, 5) is 37.0. The fourth-order valence-electron chi connectivity index (χ4n) is 4.56. The van der Waals surface area contributed by atoms with E-state index in [1.54, 1.807) is 12.5 Å². The number of carbonyl (C=O) groups excluding carboxylic acids is 2. The predicted octanol–water partition coefficient (Wildman–Crippen LogP) is 4.84. The molecule has 1 aliphatic rings. The third-order valence-corrected chi connectivity index (χ3v) is 6.75. The first-order valence-corrected chi connectivity index (χ1v) is 13.2. The molecule has 0 bridgehead atoms. The zero-order chi connectivity index (χ0) is 25.4. The van der Waals surface area contributed by atoms with Gasteiger partial charge < -0.3 is 14.4 Å². The second-order valence-corrected chi connectivity index (χ2v) is 10.6. The molecule has 2 aromatic rings. The molecular formula is C27H40ClN5O2. The first-order chi connectivity index (χ1) is 16.7. The molecule has 0 radical (unpaired) electrons. The van der Waals surface area contributed by atoms with Crippen molar-refractivity contribution in [2.45, 2.75) is 72.5 Å². The van der Waals surface area contributed by atoms with Crippen LogP contribution in [-0.4, -0.2) is 63.4 Å². The van der Waals surface area contributed by atoms with Crippen LogP contribution in [0.4, 0.5) is 5.69 Å². The molecule has 1 aliphatic heterocycles. The van der Waals surface area contributed by atoms with Crippen LogP contribution in [0.25, 0.3) is 0 Å². The van der Waals surface area contributed by atoms with Gasteiger partial charge in [-0.15, -0.1) is 0 Å². The highest BCUT2D eigenvalue weighted by Gasteiger charge is 2.25. The highest BCUT2D eigenvalue weighted by atomic mass is 35.5. The van der Waals surface area contributed by atoms with Gasteiger partial charge in [0.1, 0.15) is 0 Å². The summed E-state index contributed by atoms with van der Waals surface area (Å²) >= 11 is 6.40. The van der Waals surface area contributed by atoms with Gasteiger partial charge in [0.2, 0.25) is 11.8 Å². The first-order valence-electron chi connectivity index (χ1n) is 12.8. The van der Waals surface area contributed by atoms with Gasteiger partial charge in [-0.05, 0) is 50.3 Å². The van der Waals surface area contributed by atoms with E-state index in [0.29, 0.717) is 43.5 Å². The molecule has 0 atom stereocenters. The van der Waals surface area contributed by atoms with Gasteiger partial charge in [0.15, 0.2) is 0 Å². The van der Waals surface area contributed by atoms with Crippen molar-refractivity contribution in [2.75, 3.05) is 31.1 Å². The van der Waals surface area contributed by atoms with Crippen molar-refractivity contribution in [3.05, 3.63) is 47.5 Å². The number of carbonyl (C=O) groups is 2. The first kappa shape index (κ1) is 27.2. The molecule has 8 heteroatoms. The molecule has 192 valence electrons. The van der Waals surface area contributed by atoms with Gasteiger partial charge in [0.25, 0.3) is 0 Å². The van der Waals surface area contributed by atoms with Crippen molar-refractivity contribution in [1.29, 1.82) is 0 Å². The lowest BCUT2D eigenvalue weighted by Gasteiger charge is -2.30. The molecule has 0 saturated carbocycles. The summed E-state index contributed by atoms with van der Waals surface area (Å²) in [5.41, 5.74) is 1.80. The average Bonchev–Trinajstić information content (AvgIpc) is 3.30. The lowest BCUT2D eigenvalue weighted by Crippen LogP contribution is -2.41. The maximum Gasteiger partial charge on any atom is 0.227 e. The normalized spacial score (nSPS) is 15.9. The van der Waals surface area contributed by atoms with E-state index in [1.165, 1.54) is 0 Å². The number of aryl methyl sites for hydroxylation is 1. The van der Waals surface area contributed by atoms with E-state index in [-0.39, 0.29) is 17.7 Å². The molecule has 1 aromatic heterocycles. The van der Waals surface area contributed by atoms with Gasteiger partial charge in [-0.2, -0.15) is 0 Å². The third-order valence-electron chi connectivity index (χ3n) is 6.52. The Morgan fingerprint density at radius 3 is 2.54 bits per heavy atom. The number of halogens is 1. The molecule has 7 nitrogen and oxygen atoms in total. The largest absolute Gasteiger partial charge is 0.337 e. The minimum absolute atomic E-state index is 0.108. The number of fused-ring (bicyclic) bond motifs is 1. The number of hydrogen-bond donors (Lipinski definition) is 0. The number of anilines is 1. The summed E-state index contributed by atoms with van der Waals surface area (Å²) in [7, 11) is 0. The van der Waals surface area contributed by atoms with Crippen LogP contribution in [0.3, 0.4) is 0 Å². The monoisotopic (exact) mass is 501 g/mol. The summed E-state index contributed by atoms with van der Waals surface area (Å²) in [5, 5.41) is 0.600. The number of imidazole rings is 1. The molecule has 2 amide bonds. The summed E-state index contributed by atoms with van der Waals surface area (Å²) in [6.07, 6.45) is 8.03. The fraction of sp³-hybridized carbons (Fsp3) is 0.593. The number of benzene rings is 1. The van der Waals surface area contributed by atoms with Crippen molar-refractivity contribution in [3.63, 3.8) is 0 Å². The quantitative estimate of drug-likeness (QED) is 0.544. The lowest BCUT2D eigenvalue weighted by molar-refractivity contribution is -0.132. The van der Waals surface area contributed by atoms with E-state index in [9.17, 15) is 9.59 Å². The Balaban J connectivity index is 1.87. The van der Waals surface area contributed by atoms with Crippen molar-refractivity contribution in [3.8, 4) is 0 Å². The summed E-state index contributed by atoms with van der Waals surface area (Å²) in [5.74, 6) is 0.509. The summed E-state index contributed by atoms with van der Waals surface area (Å²) in [6, 6.07) is 6.07. The van der Waals surface area contributed by atoms with Crippen LogP contribution >= 0.6 is 11.6 Å². The number of rotatable bonds is 7. The molecule has 0 saturated heterocycles. The molecule has 2 heterocycles. The molecule has 0 unspecified atom stereocenters. The topological polar surface area (TPSA) is 61.7 Å². The Bertz CT molecular complexity index is 960. The van der Waals surface area contributed by atoms with E-state index in [2.05, 4.69) is 37.6 Å². The van der Waals surface area contributed by atoms with Gasteiger partial charge in [-0.1, -0.05) is 31.5 Å². The Morgan fingerprint density at radius 1 is 1.06 bits per heavy atom. The van der Waals surface area contributed by atoms with Crippen LogP contribution in [0.2, 0.25) is 5.02 Å². The fourth-order valence-corrected chi connectivity index (χ4v) is 4.72. The minimum Gasteiger partial charge on any atom is -0.337 e. The van der Waals surface area contributed by atoms with E-state index in [4.69, 9.17) is 11.6 Å².